The number of carbonyl (C=O) groups is 3. The molecule has 0 heterocycles. The highest BCUT2D eigenvalue weighted by Crippen LogP contribution is 2.64. The molecule has 4 aliphatic rings. The molecule has 4 rings (SSSR count). The molecule has 2 saturated carbocycles. The Morgan fingerprint density at radius 2 is 1.90 bits per heavy atom. The maximum Gasteiger partial charge on any atom is 0.307 e. The number of alkyl halides is 1. The number of ether oxygens (including phenoxy) is 1. The van der Waals surface area contributed by atoms with Crippen LogP contribution < -0.4 is 0 Å². The van der Waals surface area contributed by atoms with Crippen LogP contribution in [0.25, 0.3) is 0 Å². The monoisotopic (exact) mass is 462 g/mol. The van der Waals surface area contributed by atoms with Crippen LogP contribution in [0, 0.1) is 28.6 Å². The highest BCUT2D eigenvalue weighted by atomic mass is 79.9. The largest absolute Gasteiger partial charge is 0.458 e. The Labute approximate surface area is 181 Å². The quantitative estimate of drug-likeness (QED) is 0.437. The van der Waals surface area contributed by atoms with Gasteiger partial charge in [0.2, 0.25) is 0 Å². The summed E-state index contributed by atoms with van der Waals surface area (Å²) in [4.78, 5) is 37.4. The summed E-state index contributed by atoms with van der Waals surface area (Å²) in [6, 6.07) is 0. The number of carbonyl (C=O) groups excluding carboxylic acids is 3. The summed E-state index contributed by atoms with van der Waals surface area (Å²) in [6.45, 7) is 6.17. The van der Waals surface area contributed by atoms with Crippen LogP contribution in [-0.2, 0) is 19.1 Å². The van der Waals surface area contributed by atoms with Crippen molar-refractivity contribution in [2.24, 2.45) is 28.6 Å². The van der Waals surface area contributed by atoms with E-state index < -0.39 is 0 Å². The van der Waals surface area contributed by atoms with Gasteiger partial charge < -0.3 is 4.74 Å². The Morgan fingerprint density at radius 3 is 2.59 bits per heavy atom. The zero-order valence-corrected chi connectivity index (χ0v) is 19.2. The summed E-state index contributed by atoms with van der Waals surface area (Å²) in [7, 11) is 0. The third-order valence-electron chi connectivity index (χ3n) is 8.43. The van der Waals surface area contributed by atoms with Crippen LogP contribution in [0.3, 0.4) is 0 Å². The summed E-state index contributed by atoms with van der Waals surface area (Å²) in [5, 5.41) is 0.589. The number of Topliss-reactive ketones (excluding diaryl/α,β-unsaturated/α-hetero) is 2. The highest BCUT2D eigenvalue weighted by Gasteiger charge is 2.59. The van der Waals surface area contributed by atoms with Gasteiger partial charge in [0.05, 0.1) is 6.42 Å². The molecule has 1 unspecified atom stereocenters. The number of halogens is 1. The summed E-state index contributed by atoms with van der Waals surface area (Å²) in [5.74, 6) is 1.38. The molecular formula is C24H31BrO4. The zero-order valence-electron chi connectivity index (χ0n) is 17.6. The average molecular weight is 463 g/mol. The molecule has 29 heavy (non-hydrogen) atoms. The maximum atomic E-state index is 13.3. The minimum Gasteiger partial charge on any atom is -0.458 e. The Morgan fingerprint density at radius 1 is 1.17 bits per heavy atom. The molecule has 4 nitrogen and oxygen atoms in total. The molecule has 2 fully saturated rings. The van der Waals surface area contributed by atoms with Crippen LogP contribution in [0.1, 0.15) is 65.7 Å². The van der Waals surface area contributed by atoms with E-state index >= 15 is 0 Å². The van der Waals surface area contributed by atoms with E-state index in [-0.39, 0.29) is 34.5 Å². The predicted octanol–water partition coefficient (Wildman–Crippen LogP) is 4.95. The lowest BCUT2D eigenvalue weighted by molar-refractivity contribution is -0.148. The van der Waals surface area contributed by atoms with E-state index in [1.54, 1.807) is 6.92 Å². The fraction of sp³-hybridized carbons (Fsp3) is 0.708. The van der Waals surface area contributed by atoms with Crippen LogP contribution in [0.2, 0.25) is 0 Å². The predicted molar refractivity (Wildman–Crippen MR) is 115 cm³/mol. The van der Waals surface area contributed by atoms with Crippen molar-refractivity contribution >= 4 is 33.5 Å². The normalized spacial score (nSPS) is 40.9. The van der Waals surface area contributed by atoms with Gasteiger partial charge in [-0.1, -0.05) is 35.9 Å². The number of fused-ring (bicyclic) bond motifs is 5. The van der Waals surface area contributed by atoms with Gasteiger partial charge in [-0.15, -0.1) is 0 Å². The van der Waals surface area contributed by atoms with Gasteiger partial charge >= 0.3 is 5.97 Å². The maximum absolute atomic E-state index is 13.3. The first-order valence-electron chi connectivity index (χ1n) is 10.9. The SMILES string of the molecule is CC(=O)C1=CC[C@H]2[C@@H]3CC(=O)C4=CC(OC(=O)CCBr)CC[C@]4(C)[C@H]3CC[C@]12C. The second-order valence-electron chi connectivity index (χ2n) is 9.87. The number of hydrogen-bond acceptors (Lipinski definition) is 4. The highest BCUT2D eigenvalue weighted by molar-refractivity contribution is 9.09. The number of hydrogen-bond donors (Lipinski definition) is 0. The number of esters is 1. The third-order valence-corrected chi connectivity index (χ3v) is 8.83. The fourth-order valence-corrected chi connectivity index (χ4v) is 7.36. The average Bonchev–Trinajstić information content (AvgIpc) is 3.01. The minimum absolute atomic E-state index is 0.0761. The summed E-state index contributed by atoms with van der Waals surface area (Å²) in [5.41, 5.74) is 1.66. The van der Waals surface area contributed by atoms with Gasteiger partial charge in [-0.25, -0.2) is 0 Å². The summed E-state index contributed by atoms with van der Waals surface area (Å²) >= 11 is 3.27. The molecule has 0 bridgehead atoms. The third kappa shape index (κ3) is 3.28. The van der Waals surface area contributed by atoms with E-state index in [4.69, 9.17) is 4.74 Å². The van der Waals surface area contributed by atoms with Crippen molar-refractivity contribution in [1.82, 2.24) is 0 Å². The van der Waals surface area contributed by atoms with Gasteiger partial charge in [-0.05, 0) is 79.3 Å². The molecular weight excluding hydrogens is 432 g/mol. The Kier molecular flexibility index (Phi) is 5.42. The van der Waals surface area contributed by atoms with Crippen molar-refractivity contribution in [1.29, 1.82) is 0 Å². The summed E-state index contributed by atoms with van der Waals surface area (Å²) in [6.07, 6.45) is 9.39. The van der Waals surface area contributed by atoms with E-state index in [0.29, 0.717) is 35.9 Å². The lowest BCUT2D eigenvalue weighted by Gasteiger charge is -2.57. The Hall–Kier alpha value is -1.23. The van der Waals surface area contributed by atoms with E-state index in [2.05, 4.69) is 35.9 Å². The van der Waals surface area contributed by atoms with Crippen LogP contribution in [0.15, 0.2) is 23.3 Å². The first-order chi connectivity index (χ1) is 13.7. The van der Waals surface area contributed by atoms with Crippen LogP contribution in [-0.4, -0.2) is 29.0 Å². The molecule has 0 aromatic heterocycles. The molecule has 6 atom stereocenters. The first kappa shape index (κ1) is 21.0. The lowest BCUT2D eigenvalue weighted by atomic mass is 9.46. The molecule has 4 aliphatic carbocycles. The van der Waals surface area contributed by atoms with Crippen LogP contribution >= 0.6 is 15.9 Å². The molecule has 0 radical (unpaired) electrons. The van der Waals surface area contributed by atoms with Crippen molar-refractivity contribution in [2.75, 3.05) is 5.33 Å². The van der Waals surface area contributed by atoms with E-state index in [0.717, 1.165) is 43.3 Å². The number of allylic oxidation sites excluding steroid dienone is 3. The van der Waals surface area contributed by atoms with Crippen molar-refractivity contribution in [2.45, 2.75) is 71.8 Å². The molecule has 0 spiro atoms. The lowest BCUT2D eigenvalue weighted by Crippen LogP contribution is -2.53. The molecule has 0 aromatic carbocycles. The Bertz CT molecular complexity index is 812. The van der Waals surface area contributed by atoms with Crippen molar-refractivity contribution in [3.05, 3.63) is 23.3 Å². The second kappa shape index (κ2) is 7.47. The van der Waals surface area contributed by atoms with Gasteiger partial charge in [-0.2, -0.15) is 0 Å². The first-order valence-corrected chi connectivity index (χ1v) is 12.1. The van der Waals surface area contributed by atoms with Crippen molar-refractivity contribution < 1.29 is 19.1 Å². The van der Waals surface area contributed by atoms with Crippen molar-refractivity contribution in [3.8, 4) is 0 Å². The topological polar surface area (TPSA) is 60.4 Å². The molecule has 0 aliphatic heterocycles. The van der Waals surface area contributed by atoms with Gasteiger partial charge in [0.25, 0.3) is 0 Å². The Balaban J connectivity index is 1.59. The van der Waals surface area contributed by atoms with Gasteiger partial charge in [0.15, 0.2) is 11.6 Å². The molecule has 0 aromatic rings. The van der Waals surface area contributed by atoms with Gasteiger partial charge in [0.1, 0.15) is 6.10 Å². The standard InChI is InChI=1S/C24H31BrO4/c1-14(26)17-4-5-18-16-13-21(27)20-12-15(29-22(28)8-11-25)6-9-24(20,3)19(16)7-10-23(17,18)2/h4,12,15-16,18-19H,5-11,13H2,1-3H3/t15?,16-,18-,19-,23+,24+/m0/s1. The smallest absolute Gasteiger partial charge is 0.307 e. The van der Waals surface area contributed by atoms with E-state index in [1.165, 1.54) is 0 Å². The van der Waals surface area contributed by atoms with Crippen LogP contribution in [0.5, 0.6) is 0 Å². The molecule has 158 valence electrons. The minimum atomic E-state index is -0.281. The summed E-state index contributed by atoms with van der Waals surface area (Å²) < 4.78 is 5.59. The fourth-order valence-electron chi connectivity index (χ4n) is 7.03. The molecule has 0 saturated heterocycles. The second-order valence-corrected chi connectivity index (χ2v) is 10.7. The van der Waals surface area contributed by atoms with Crippen molar-refractivity contribution in [3.63, 3.8) is 0 Å². The molecule has 0 amide bonds. The molecule has 0 N–H and O–H groups in total. The number of ketones is 2. The van der Waals surface area contributed by atoms with E-state index in [1.807, 2.05) is 6.08 Å². The van der Waals surface area contributed by atoms with Gasteiger partial charge in [-0.3, -0.25) is 14.4 Å². The molecule has 5 heteroatoms. The number of rotatable bonds is 4. The van der Waals surface area contributed by atoms with Crippen LogP contribution in [0.4, 0.5) is 0 Å². The van der Waals surface area contributed by atoms with E-state index in [9.17, 15) is 14.4 Å². The van der Waals surface area contributed by atoms with Gasteiger partial charge in [0, 0.05) is 17.3 Å². The zero-order chi connectivity index (χ0) is 21.0.